The monoisotopic (exact) mass is 272 g/mol. The molecule has 0 aromatic rings. The molecule has 17 heavy (non-hydrogen) atoms. The van der Waals surface area contributed by atoms with Gasteiger partial charge in [-0.2, -0.15) is 13.2 Å². The van der Waals surface area contributed by atoms with Crippen LogP contribution >= 0.6 is 11.8 Å². The summed E-state index contributed by atoms with van der Waals surface area (Å²) in [5.74, 6) is -0.127. The SMILES string of the molecule is CC(C)CC(SCCCCC(F)(F)F)C(=O)O. The van der Waals surface area contributed by atoms with Gasteiger partial charge in [0.05, 0.1) is 0 Å². The Labute approximate surface area is 104 Å². The first-order valence-corrected chi connectivity index (χ1v) is 6.68. The minimum atomic E-state index is -4.10. The molecule has 1 unspecified atom stereocenters. The Bertz CT molecular complexity index is 229. The van der Waals surface area contributed by atoms with E-state index in [1.807, 2.05) is 13.8 Å². The van der Waals surface area contributed by atoms with Crippen molar-refractivity contribution in [2.45, 2.75) is 51.0 Å². The maximum atomic E-state index is 11.8. The van der Waals surface area contributed by atoms with Crippen LogP contribution in [0.4, 0.5) is 13.2 Å². The van der Waals surface area contributed by atoms with Gasteiger partial charge in [0.2, 0.25) is 0 Å². The molecular weight excluding hydrogens is 253 g/mol. The molecule has 0 aromatic carbocycles. The molecule has 0 heterocycles. The van der Waals surface area contributed by atoms with Crippen molar-refractivity contribution in [2.75, 3.05) is 5.75 Å². The van der Waals surface area contributed by atoms with Crippen molar-refractivity contribution in [3.8, 4) is 0 Å². The van der Waals surface area contributed by atoms with Crippen molar-refractivity contribution in [1.29, 1.82) is 0 Å². The summed E-state index contributed by atoms with van der Waals surface area (Å²) in [6.07, 6.45) is -3.85. The summed E-state index contributed by atoms with van der Waals surface area (Å²) in [6.45, 7) is 3.86. The van der Waals surface area contributed by atoms with E-state index in [9.17, 15) is 18.0 Å². The Morgan fingerprint density at radius 3 is 2.29 bits per heavy atom. The van der Waals surface area contributed by atoms with Gasteiger partial charge in [0.15, 0.2) is 0 Å². The Balaban J connectivity index is 3.72. The van der Waals surface area contributed by atoms with Gasteiger partial charge in [-0.15, -0.1) is 11.8 Å². The molecule has 2 nitrogen and oxygen atoms in total. The molecule has 0 bridgehead atoms. The number of aliphatic carboxylic acids is 1. The minimum absolute atomic E-state index is 0.0739. The standard InChI is InChI=1S/C11H19F3O2S/c1-8(2)7-9(10(15)16)17-6-4-3-5-11(12,13)14/h8-9H,3-7H2,1-2H3,(H,15,16). The quantitative estimate of drug-likeness (QED) is 0.680. The number of halogens is 3. The Kier molecular flexibility index (Phi) is 7.66. The predicted octanol–water partition coefficient (Wildman–Crippen LogP) is 3.95. The van der Waals surface area contributed by atoms with Gasteiger partial charge in [0.25, 0.3) is 0 Å². The van der Waals surface area contributed by atoms with Crippen LogP contribution in [0, 0.1) is 5.92 Å². The zero-order valence-electron chi connectivity index (χ0n) is 10.1. The van der Waals surface area contributed by atoms with Gasteiger partial charge in [-0.1, -0.05) is 13.8 Å². The summed E-state index contributed by atoms with van der Waals surface area (Å²) in [5, 5.41) is 8.41. The molecule has 0 aromatic heterocycles. The van der Waals surface area contributed by atoms with Crippen LogP contribution in [0.25, 0.3) is 0 Å². The van der Waals surface area contributed by atoms with Crippen LogP contribution in [0.3, 0.4) is 0 Å². The second-order valence-corrected chi connectivity index (χ2v) is 5.71. The van der Waals surface area contributed by atoms with Crippen LogP contribution < -0.4 is 0 Å². The number of carboxylic acid groups (broad SMARTS) is 1. The van der Waals surface area contributed by atoms with Gasteiger partial charge >= 0.3 is 12.1 Å². The van der Waals surface area contributed by atoms with E-state index >= 15 is 0 Å². The normalized spacial score (nSPS) is 14.0. The molecule has 0 radical (unpaired) electrons. The van der Waals surface area contributed by atoms with Gasteiger partial charge in [-0.05, 0) is 30.9 Å². The Morgan fingerprint density at radius 1 is 1.29 bits per heavy atom. The minimum Gasteiger partial charge on any atom is -0.480 e. The highest BCUT2D eigenvalue weighted by atomic mass is 32.2. The predicted molar refractivity (Wildman–Crippen MR) is 63.2 cm³/mol. The van der Waals surface area contributed by atoms with Crippen molar-refractivity contribution >= 4 is 17.7 Å². The summed E-state index contributed by atoms with van der Waals surface area (Å²) >= 11 is 1.24. The van der Waals surface area contributed by atoms with Gasteiger partial charge in [0, 0.05) is 6.42 Å². The number of hydrogen-bond acceptors (Lipinski definition) is 2. The number of carboxylic acids is 1. The first-order chi connectivity index (χ1) is 7.72. The molecule has 1 atom stereocenters. The van der Waals surface area contributed by atoms with Crippen LogP contribution in [-0.2, 0) is 4.79 Å². The van der Waals surface area contributed by atoms with Crippen LogP contribution in [-0.4, -0.2) is 28.3 Å². The summed E-state index contributed by atoms with van der Waals surface area (Å²) in [7, 11) is 0. The molecule has 0 saturated heterocycles. The van der Waals surface area contributed by atoms with Crippen LogP contribution in [0.5, 0.6) is 0 Å². The van der Waals surface area contributed by atoms with Gasteiger partial charge in [0.1, 0.15) is 5.25 Å². The summed E-state index contributed by atoms with van der Waals surface area (Å²) in [5.41, 5.74) is 0. The summed E-state index contributed by atoms with van der Waals surface area (Å²) in [6, 6.07) is 0. The Hall–Kier alpha value is -0.390. The van der Waals surface area contributed by atoms with E-state index in [4.69, 9.17) is 5.11 Å². The lowest BCUT2D eigenvalue weighted by atomic mass is 10.1. The van der Waals surface area contributed by atoms with Crippen molar-refractivity contribution in [3.05, 3.63) is 0 Å². The van der Waals surface area contributed by atoms with E-state index in [0.29, 0.717) is 18.6 Å². The van der Waals surface area contributed by atoms with Crippen LogP contribution in [0.2, 0.25) is 0 Å². The molecule has 0 aliphatic rings. The maximum Gasteiger partial charge on any atom is 0.389 e. The lowest BCUT2D eigenvalue weighted by Crippen LogP contribution is -2.19. The number of carbonyl (C=O) groups is 1. The summed E-state index contributed by atoms with van der Waals surface area (Å²) in [4.78, 5) is 10.9. The highest BCUT2D eigenvalue weighted by molar-refractivity contribution is 8.00. The fourth-order valence-electron chi connectivity index (χ4n) is 1.32. The molecule has 6 heteroatoms. The fourth-order valence-corrected chi connectivity index (χ4v) is 2.64. The fraction of sp³-hybridized carbons (Fsp3) is 0.909. The second kappa shape index (κ2) is 7.84. The van der Waals surface area contributed by atoms with Crippen molar-refractivity contribution in [1.82, 2.24) is 0 Å². The van der Waals surface area contributed by atoms with Crippen LogP contribution in [0.15, 0.2) is 0 Å². The number of rotatable bonds is 8. The molecule has 0 fully saturated rings. The topological polar surface area (TPSA) is 37.3 Å². The first-order valence-electron chi connectivity index (χ1n) is 5.63. The van der Waals surface area contributed by atoms with E-state index in [0.717, 1.165) is 0 Å². The van der Waals surface area contributed by atoms with Gasteiger partial charge in [-0.3, -0.25) is 4.79 Å². The van der Waals surface area contributed by atoms with Crippen molar-refractivity contribution in [2.24, 2.45) is 5.92 Å². The number of unbranched alkanes of at least 4 members (excludes halogenated alkanes) is 1. The second-order valence-electron chi connectivity index (χ2n) is 4.40. The lowest BCUT2D eigenvalue weighted by Gasteiger charge is -2.14. The third kappa shape index (κ3) is 10.5. The Morgan fingerprint density at radius 2 is 1.88 bits per heavy atom. The van der Waals surface area contributed by atoms with E-state index in [2.05, 4.69) is 0 Å². The third-order valence-corrected chi connectivity index (χ3v) is 3.46. The van der Waals surface area contributed by atoms with Crippen molar-refractivity contribution < 1.29 is 23.1 Å². The van der Waals surface area contributed by atoms with E-state index in [1.165, 1.54) is 11.8 Å². The molecule has 0 amide bonds. The lowest BCUT2D eigenvalue weighted by molar-refractivity contribution is -0.137. The number of thioether (sulfide) groups is 1. The highest BCUT2D eigenvalue weighted by Gasteiger charge is 2.26. The highest BCUT2D eigenvalue weighted by Crippen LogP contribution is 2.25. The van der Waals surface area contributed by atoms with E-state index in [-0.39, 0.29) is 12.3 Å². The van der Waals surface area contributed by atoms with Gasteiger partial charge < -0.3 is 5.11 Å². The smallest absolute Gasteiger partial charge is 0.389 e. The molecule has 0 rings (SSSR count). The third-order valence-electron chi connectivity index (χ3n) is 2.13. The first kappa shape index (κ1) is 16.6. The van der Waals surface area contributed by atoms with Gasteiger partial charge in [-0.25, -0.2) is 0 Å². The number of alkyl halides is 3. The molecule has 0 aliphatic heterocycles. The zero-order chi connectivity index (χ0) is 13.5. The molecule has 0 spiro atoms. The van der Waals surface area contributed by atoms with Crippen LogP contribution in [0.1, 0.15) is 39.5 Å². The average Bonchev–Trinajstić information content (AvgIpc) is 2.12. The largest absolute Gasteiger partial charge is 0.480 e. The maximum absolute atomic E-state index is 11.8. The zero-order valence-corrected chi connectivity index (χ0v) is 10.9. The average molecular weight is 272 g/mol. The van der Waals surface area contributed by atoms with E-state index < -0.39 is 23.8 Å². The molecular formula is C11H19F3O2S. The molecule has 0 saturated carbocycles. The van der Waals surface area contributed by atoms with E-state index in [1.54, 1.807) is 0 Å². The molecule has 1 N–H and O–H groups in total. The number of hydrogen-bond donors (Lipinski definition) is 1. The molecule has 102 valence electrons. The summed E-state index contributed by atoms with van der Waals surface area (Å²) < 4.78 is 35.5. The molecule has 0 aliphatic carbocycles. The van der Waals surface area contributed by atoms with Crippen molar-refractivity contribution in [3.63, 3.8) is 0 Å².